The molecule has 1 fully saturated rings. The molecule has 2 atom stereocenters. The molecular formula is C21H26N2O. The van der Waals surface area contributed by atoms with Crippen molar-refractivity contribution >= 4 is 5.91 Å². The van der Waals surface area contributed by atoms with E-state index in [1.165, 1.54) is 11.1 Å². The van der Waals surface area contributed by atoms with Gasteiger partial charge in [-0.15, -0.1) is 0 Å². The number of nitrogens with one attached hydrogen (secondary N) is 1. The third-order valence-electron chi connectivity index (χ3n) is 4.78. The molecule has 1 N–H and O–H groups in total. The quantitative estimate of drug-likeness (QED) is 0.912. The van der Waals surface area contributed by atoms with Crippen molar-refractivity contribution in [1.82, 2.24) is 10.2 Å². The largest absolute Gasteiger partial charge is 0.333 e. The van der Waals surface area contributed by atoms with Crippen LogP contribution in [-0.4, -0.2) is 23.4 Å². The Labute approximate surface area is 144 Å². The van der Waals surface area contributed by atoms with Crippen molar-refractivity contribution in [2.75, 3.05) is 6.54 Å². The molecule has 1 aliphatic heterocycles. The van der Waals surface area contributed by atoms with Gasteiger partial charge in [0.1, 0.15) is 0 Å². The lowest BCUT2D eigenvalue weighted by Crippen LogP contribution is -2.51. The Hall–Kier alpha value is -2.13. The number of carbonyl (C=O) groups excluding carboxylic acids is 1. The molecule has 0 saturated carbocycles. The van der Waals surface area contributed by atoms with Gasteiger partial charge in [-0.25, -0.2) is 0 Å². The van der Waals surface area contributed by atoms with E-state index in [4.69, 9.17) is 0 Å². The molecule has 0 bridgehead atoms. The van der Waals surface area contributed by atoms with Crippen LogP contribution in [0.1, 0.15) is 30.9 Å². The van der Waals surface area contributed by atoms with Crippen LogP contribution in [0.3, 0.4) is 0 Å². The minimum absolute atomic E-state index is 0.0637. The second-order valence-corrected chi connectivity index (χ2v) is 6.72. The number of nitrogens with zero attached hydrogens (tertiary/aromatic N) is 1. The Morgan fingerprint density at radius 2 is 1.54 bits per heavy atom. The molecule has 3 heteroatoms. The van der Waals surface area contributed by atoms with E-state index in [2.05, 4.69) is 36.5 Å². The molecule has 2 aromatic rings. The fraction of sp³-hybridized carbons (Fsp3) is 0.381. The summed E-state index contributed by atoms with van der Waals surface area (Å²) in [5.41, 5.74) is 2.34. The van der Waals surface area contributed by atoms with Crippen molar-refractivity contribution in [2.45, 2.75) is 38.9 Å². The van der Waals surface area contributed by atoms with Crippen molar-refractivity contribution in [3.63, 3.8) is 0 Å². The number of carbonyl (C=O) groups is 1. The summed E-state index contributed by atoms with van der Waals surface area (Å²) in [6.45, 7) is 4.42. The first-order chi connectivity index (χ1) is 11.7. The normalized spacial score (nSPS) is 20.5. The summed E-state index contributed by atoms with van der Waals surface area (Å²) in [6.07, 6.45) is 2.27. The van der Waals surface area contributed by atoms with Gasteiger partial charge in [0.15, 0.2) is 0 Å². The maximum Gasteiger partial charge on any atom is 0.240 e. The number of hydrogen-bond donors (Lipinski definition) is 1. The molecule has 126 valence electrons. The van der Waals surface area contributed by atoms with E-state index in [0.717, 1.165) is 19.4 Å². The summed E-state index contributed by atoms with van der Waals surface area (Å²) >= 11 is 0. The molecule has 2 aromatic carbocycles. The van der Waals surface area contributed by atoms with E-state index >= 15 is 0 Å². The van der Waals surface area contributed by atoms with Gasteiger partial charge < -0.3 is 10.2 Å². The van der Waals surface area contributed by atoms with E-state index in [1.54, 1.807) is 0 Å². The zero-order valence-electron chi connectivity index (χ0n) is 14.3. The predicted molar refractivity (Wildman–Crippen MR) is 97.3 cm³/mol. The van der Waals surface area contributed by atoms with Crippen LogP contribution in [0.25, 0.3) is 0 Å². The second-order valence-electron chi connectivity index (χ2n) is 6.72. The molecule has 1 heterocycles. The first kappa shape index (κ1) is 16.7. The van der Waals surface area contributed by atoms with Crippen LogP contribution < -0.4 is 5.32 Å². The zero-order valence-corrected chi connectivity index (χ0v) is 14.3. The van der Waals surface area contributed by atoms with Crippen LogP contribution in [0.5, 0.6) is 0 Å². The molecule has 2 unspecified atom stereocenters. The van der Waals surface area contributed by atoms with Crippen molar-refractivity contribution in [2.24, 2.45) is 5.92 Å². The average molecular weight is 322 g/mol. The third kappa shape index (κ3) is 4.24. The Balaban J connectivity index is 1.79. The lowest BCUT2D eigenvalue weighted by molar-refractivity contribution is -0.136. The Morgan fingerprint density at radius 1 is 1.00 bits per heavy atom. The van der Waals surface area contributed by atoms with E-state index in [1.807, 2.05) is 41.3 Å². The lowest BCUT2D eigenvalue weighted by Gasteiger charge is -2.34. The molecule has 3 rings (SSSR count). The highest BCUT2D eigenvalue weighted by Crippen LogP contribution is 2.20. The summed E-state index contributed by atoms with van der Waals surface area (Å²) in [6, 6.07) is 20.4. The van der Waals surface area contributed by atoms with Crippen molar-refractivity contribution in [1.29, 1.82) is 0 Å². The third-order valence-corrected chi connectivity index (χ3v) is 4.78. The number of rotatable bonds is 5. The molecule has 0 aliphatic carbocycles. The van der Waals surface area contributed by atoms with Crippen LogP contribution in [0.2, 0.25) is 0 Å². The summed E-state index contributed by atoms with van der Waals surface area (Å²) in [4.78, 5) is 15.2. The number of amides is 1. The highest BCUT2D eigenvalue weighted by atomic mass is 16.2. The SMILES string of the molecule is CC1CCCNC1C(=O)N(Cc1ccccc1)Cc1ccccc1. The Bertz CT molecular complexity index is 600. The highest BCUT2D eigenvalue weighted by Gasteiger charge is 2.31. The van der Waals surface area contributed by atoms with Gasteiger partial charge in [-0.1, -0.05) is 67.6 Å². The number of benzene rings is 2. The summed E-state index contributed by atoms with van der Waals surface area (Å²) in [5.74, 6) is 0.607. The van der Waals surface area contributed by atoms with Gasteiger partial charge in [-0.05, 0) is 36.4 Å². The summed E-state index contributed by atoms with van der Waals surface area (Å²) in [7, 11) is 0. The monoisotopic (exact) mass is 322 g/mol. The standard InChI is InChI=1S/C21H26N2O/c1-17-9-8-14-22-20(17)21(24)23(15-18-10-4-2-5-11-18)16-19-12-6-3-7-13-19/h2-7,10-13,17,20,22H,8-9,14-16H2,1H3. The molecule has 0 spiro atoms. The molecular weight excluding hydrogens is 296 g/mol. The van der Waals surface area contributed by atoms with E-state index in [0.29, 0.717) is 19.0 Å². The molecule has 0 radical (unpaired) electrons. The van der Waals surface area contributed by atoms with Crippen molar-refractivity contribution in [3.8, 4) is 0 Å². The lowest BCUT2D eigenvalue weighted by atomic mass is 9.91. The average Bonchev–Trinajstić information content (AvgIpc) is 2.63. The van der Waals surface area contributed by atoms with Crippen molar-refractivity contribution < 1.29 is 4.79 Å². The van der Waals surface area contributed by atoms with Gasteiger partial charge in [0.05, 0.1) is 6.04 Å². The summed E-state index contributed by atoms with van der Waals surface area (Å²) in [5, 5.41) is 3.43. The van der Waals surface area contributed by atoms with Gasteiger partial charge in [0.25, 0.3) is 0 Å². The fourth-order valence-electron chi connectivity index (χ4n) is 3.40. The van der Waals surface area contributed by atoms with Crippen LogP contribution in [0.4, 0.5) is 0 Å². The predicted octanol–water partition coefficient (Wildman–Crippen LogP) is 3.60. The van der Waals surface area contributed by atoms with Gasteiger partial charge in [0.2, 0.25) is 5.91 Å². The molecule has 1 aliphatic rings. The maximum absolute atomic E-state index is 13.2. The highest BCUT2D eigenvalue weighted by molar-refractivity contribution is 5.82. The molecule has 0 aromatic heterocycles. The minimum atomic E-state index is -0.0637. The number of piperidine rings is 1. The Morgan fingerprint density at radius 3 is 2.04 bits per heavy atom. The molecule has 3 nitrogen and oxygen atoms in total. The van der Waals surface area contributed by atoms with Crippen molar-refractivity contribution in [3.05, 3.63) is 71.8 Å². The topological polar surface area (TPSA) is 32.3 Å². The smallest absolute Gasteiger partial charge is 0.240 e. The summed E-state index contributed by atoms with van der Waals surface area (Å²) < 4.78 is 0. The van der Waals surface area contributed by atoms with Crippen LogP contribution in [0, 0.1) is 5.92 Å². The molecule has 1 amide bonds. The van der Waals surface area contributed by atoms with E-state index in [-0.39, 0.29) is 11.9 Å². The zero-order chi connectivity index (χ0) is 16.8. The van der Waals surface area contributed by atoms with E-state index in [9.17, 15) is 4.79 Å². The first-order valence-corrected chi connectivity index (χ1v) is 8.84. The fourth-order valence-corrected chi connectivity index (χ4v) is 3.40. The molecule has 1 saturated heterocycles. The van der Waals surface area contributed by atoms with Gasteiger partial charge >= 0.3 is 0 Å². The number of hydrogen-bond acceptors (Lipinski definition) is 2. The first-order valence-electron chi connectivity index (χ1n) is 8.84. The van der Waals surface area contributed by atoms with Crippen LogP contribution in [0.15, 0.2) is 60.7 Å². The van der Waals surface area contributed by atoms with Gasteiger partial charge in [-0.3, -0.25) is 4.79 Å². The minimum Gasteiger partial charge on any atom is -0.333 e. The van der Waals surface area contributed by atoms with E-state index < -0.39 is 0 Å². The van der Waals surface area contributed by atoms with Crippen LogP contribution >= 0.6 is 0 Å². The maximum atomic E-state index is 13.2. The van der Waals surface area contributed by atoms with Gasteiger partial charge in [-0.2, -0.15) is 0 Å². The van der Waals surface area contributed by atoms with Gasteiger partial charge in [0, 0.05) is 13.1 Å². The Kier molecular flexibility index (Phi) is 5.65. The second kappa shape index (κ2) is 8.11. The van der Waals surface area contributed by atoms with Crippen LogP contribution in [-0.2, 0) is 17.9 Å². The molecule has 24 heavy (non-hydrogen) atoms.